The van der Waals surface area contributed by atoms with Crippen molar-refractivity contribution in [1.82, 2.24) is 5.32 Å². The van der Waals surface area contributed by atoms with E-state index >= 15 is 0 Å². The van der Waals surface area contributed by atoms with Crippen LogP contribution >= 0.6 is 11.6 Å². The lowest BCUT2D eigenvalue weighted by Crippen LogP contribution is -2.24. The Balaban J connectivity index is 1.97. The third kappa shape index (κ3) is 7.34. The summed E-state index contributed by atoms with van der Waals surface area (Å²) >= 11 is 5.87. The Morgan fingerprint density at radius 1 is 1.18 bits per heavy atom. The molecule has 4 heteroatoms. The first-order valence-corrected chi connectivity index (χ1v) is 6.31. The Bertz CT molecular complexity index is 307. The molecule has 1 aromatic rings. The Morgan fingerprint density at radius 3 is 2.65 bits per heavy atom. The maximum absolute atomic E-state index is 5.87. The van der Waals surface area contributed by atoms with Crippen molar-refractivity contribution < 1.29 is 9.47 Å². The van der Waals surface area contributed by atoms with Gasteiger partial charge in [-0.25, -0.2) is 0 Å². The van der Waals surface area contributed by atoms with Crippen LogP contribution in [0.4, 0.5) is 0 Å². The van der Waals surface area contributed by atoms with Gasteiger partial charge in [0.05, 0.1) is 19.8 Å². The van der Waals surface area contributed by atoms with E-state index in [1.165, 1.54) is 0 Å². The summed E-state index contributed by atoms with van der Waals surface area (Å²) in [6.45, 7) is 6.53. The molecule has 0 fully saturated rings. The van der Waals surface area contributed by atoms with Gasteiger partial charge in [-0.3, -0.25) is 0 Å². The van der Waals surface area contributed by atoms with Crippen LogP contribution in [0.3, 0.4) is 0 Å². The first-order chi connectivity index (χ1) is 8.33. The SMILES string of the molecule is CCOCCNCCOCc1cccc(Cl)c1. The molecule has 3 nitrogen and oxygen atoms in total. The molecule has 0 saturated heterocycles. The summed E-state index contributed by atoms with van der Waals surface area (Å²) in [7, 11) is 0. The van der Waals surface area contributed by atoms with Crippen molar-refractivity contribution in [3.8, 4) is 0 Å². The van der Waals surface area contributed by atoms with Crippen molar-refractivity contribution in [2.75, 3.05) is 32.9 Å². The van der Waals surface area contributed by atoms with E-state index in [0.29, 0.717) is 13.2 Å². The highest BCUT2D eigenvalue weighted by molar-refractivity contribution is 6.30. The normalized spacial score (nSPS) is 10.7. The topological polar surface area (TPSA) is 30.5 Å². The molecule has 0 saturated carbocycles. The third-order valence-corrected chi connectivity index (χ3v) is 2.44. The Kier molecular flexibility index (Phi) is 8.01. The minimum absolute atomic E-state index is 0.605. The fraction of sp³-hybridized carbons (Fsp3) is 0.538. The van der Waals surface area contributed by atoms with Gasteiger partial charge in [0.15, 0.2) is 0 Å². The average Bonchev–Trinajstić information content (AvgIpc) is 2.33. The van der Waals surface area contributed by atoms with Gasteiger partial charge < -0.3 is 14.8 Å². The summed E-state index contributed by atoms with van der Waals surface area (Å²) in [4.78, 5) is 0. The van der Waals surface area contributed by atoms with Crippen LogP contribution in [0, 0.1) is 0 Å². The van der Waals surface area contributed by atoms with Crippen molar-refractivity contribution in [2.24, 2.45) is 0 Å². The highest BCUT2D eigenvalue weighted by Gasteiger charge is 1.94. The summed E-state index contributed by atoms with van der Waals surface area (Å²) in [5.41, 5.74) is 1.10. The predicted molar refractivity (Wildman–Crippen MR) is 70.5 cm³/mol. The molecule has 1 aromatic carbocycles. The zero-order chi connectivity index (χ0) is 12.3. The standard InChI is InChI=1S/C13H20ClNO2/c1-2-16-8-6-15-7-9-17-11-12-4-3-5-13(14)10-12/h3-5,10,15H,2,6-9,11H2,1H3. The average molecular weight is 258 g/mol. The highest BCUT2D eigenvalue weighted by Crippen LogP contribution is 2.11. The van der Waals surface area contributed by atoms with E-state index in [2.05, 4.69) is 5.32 Å². The highest BCUT2D eigenvalue weighted by atomic mass is 35.5. The van der Waals surface area contributed by atoms with Crippen LogP contribution < -0.4 is 5.32 Å². The monoisotopic (exact) mass is 257 g/mol. The maximum atomic E-state index is 5.87. The second-order valence-corrected chi connectivity index (χ2v) is 4.07. The molecule has 0 atom stereocenters. The fourth-order valence-electron chi connectivity index (χ4n) is 1.37. The molecule has 1 N–H and O–H groups in total. The molecule has 0 aliphatic rings. The van der Waals surface area contributed by atoms with Crippen LogP contribution in [0.2, 0.25) is 5.02 Å². The van der Waals surface area contributed by atoms with Gasteiger partial charge in [-0.05, 0) is 24.6 Å². The number of nitrogens with one attached hydrogen (secondary N) is 1. The number of hydrogen-bond acceptors (Lipinski definition) is 3. The molecule has 17 heavy (non-hydrogen) atoms. The van der Waals surface area contributed by atoms with Gasteiger partial charge in [-0.1, -0.05) is 23.7 Å². The van der Waals surface area contributed by atoms with Gasteiger partial charge in [0, 0.05) is 24.7 Å². The van der Waals surface area contributed by atoms with Crippen LogP contribution in [-0.4, -0.2) is 32.9 Å². The lowest BCUT2D eigenvalue weighted by atomic mass is 10.2. The summed E-state index contributed by atoms with van der Waals surface area (Å²) in [6, 6.07) is 7.72. The van der Waals surface area contributed by atoms with E-state index in [4.69, 9.17) is 21.1 Å². The summed E-state index contributed by atoms with van der Waals surface area (Å²) in [5, 5.41) is 3.99. The molecule has 0 aliphatic heterocycles. The number of ether oxygens (including phenoxy) is 2. The molecule has 0 spiro atoms. The van der Waals surface area contributed by atoms with E-state index in [1.807, 2.05) is 31.2 Å². The van der Waals surface area contributed by atoms with Crippen LogP contribution in [0.1, 0.15) is 12.5 Å². The Morgan fingerprint density at radius 2 is 1.94 bits per heavy atom. The van der Waals surface area contributed by atoms with Gasteiger partial charge >= 0.3 is 0 Å². The molecule has 0 aromatic heterocycles. The molecule has 0 unspecified atom stereocenters. The lowest BCUT2D eigenvalue weighted by molar-refractivity contribution is 0.116. The first-order valence-electron chi connectivity index (χ1n) is 5.93. The smallest absolute Gasteiger partial charge is 0.0718 e. The maximum Gasteiger partial charge on any atom is 0.0718 e. The predicted octanol–water partition coefficient (Wildman–Crippen LogP) is 2.48. The minimum atomic E-state index is 0.605. The number of halogens is 1. The van der Waals surface area contributed by atoms with Crippen molar-refractivity contribution >= 4 is 11.6 Å². The molecule has 0 aliphatic carbocycles. The largest absolute Gasteiger partial charge is 0.380 e. The van der Waals surface area contributed by atoms with Gasteiger partial charge in [0.2, 0.25) is 0 Å². The zero-order valence-corrected chi connectivity index (χ0v) is 11.0. The quantitative estimate of drug-likeness (QED) is 0.690. The first kappa shape index (κ1) is 14.5. The molecule has 1 rings (SSSR count). The second-order valence-electron chi connectivity index (χ2n) is 3.63. The third-order valence-electron chi connectivity index (χ3n) is 2.21. The van der Waals surface area contributed by atoms with Gasteiger partial charge in [0.1, 0.15) is 0 Å². The van der Waals surface area contributed by atoms with Gasteiger partial charge in [0.25, 0.3) is 0 Å². The van der Waals surface area contributed by atoms with Crippen molar-refractivity contribution in [1.29, 1.82) is 0 Å². The van der Waals surface area contributed by atoms with E-state index in [1.54, 1.807) is 0 Å². The van der Waals surface area contributed by atoms with Gasteiger partial charge in [-0.15, -0.1) is 0 Å². The van der Waals surface area contributed by atoms with Crippen LogP contribution in [-0.2, 0) is 16.1 Å². The summed E-state index contributed by atoms with van der Waals surface area (Å²) in [6.07, 6.45) is 0. The molecule has 0 radical (unpaired) electrons. The van der Waals surface area contributed by atoms with Crippen molar-refractivity contribution in [3.05, 3.63) is 34.9 Å². The molecular formula is C13H20ClNO2. The molecule has 96 valence electrons. The second kappa shape index (κ2) is 9.42. The fourth-order valence-corrected chi connectivity index (χ4v) is 1.59. The number of benzene rings is 1. The van der Waals surface area contributed by atoms with Crippen molar-refractivity contribution in [3.63, 3.8) is 0 Å². The van der Waals surface area contributed by atoms with Crippen LogP contribution in [0.5, 0.6) is 0 Å². The molecule has 0 heterocycles. The van der Waals surface area contributed by atoms with Gasteiger partial charge in [-0.2, -0.15) is 0 Å². The van der Waals surface area contributed by atoms with Crippen LogP contribution in [0.25, 0.3) is 0 Å². The van der Waals surface area contributed by atoms with E-state index < -0.39 is 0 Å². The lowest BCUT2D eigenvalue weighted by Gasteiger charge is -2.06. The molecule has 0 bridgehead atoms. The van der Waals surface area contributed by atoms with E-state index in [9.17, 15) is 0 Å². The summed E-state index contributed by atoms with van der Waals surface area (Å²) < 4.78 is 10.7. The molecular weight excluding hydrogens is 238 g/mol. The Labute approximate surface area is 108 Å². The number of hydrogen-bond donors (Lipinski definition) is 1. The van der Waals surface area contributed by atoms with Crippen molar-refractivity contribution in [2.45, 2.75) is 13.5 Å². The van der Waals surface area contributed by atoms with E-state index in [0.717, 1.165) is 36.9 Å². The zero-order valence-electron chi connectivity index (χ0n) is 10.2. The van der Waals surface area contributed by atoms with E-state index in [-0.39, 0.29) is 0 Å². The number of rotatable bonds is 9. The molecule has 0 amide bonds. The Hall–Kier alpha value is -0.610. The minimum Gasteiger partial charge on any atom is -0.380 e. The van der Waals surface area contributed by atoms with Crippen LogP contribution in [0.15, 0.2) is 24.3 Å². The summed E-state index contributed by atoms with van der Waals surface area (Å²) in [5.74, 6) is 0.